The highest BCUT2D eigenvalue weighted by Crippen LogP contribution is 2.20. The lowest BCUT2D eigenvalue weighted by Gasteiger charge is -2.19. The second-order valence-corrected chi connectivity index (χ2v) is 8.51. The minimum atomic E-state index is -0.523. The highest BCUT2D eigenvalue weighted by molar-refractivity contribution is 5.68. The standard InChI is InChI=1S/C24H30N2O5/c1-24(2,3)31-22(27)25-15-18-9-11-20(12-10-18)30-21-13-14-26(16-21)23(28)29-17-19-7-5-4-6-8-19/h4-12,21H,13-17H2,1-3H3,(H,25,27)/t21-/m1/s1. The highest BCUT2D eigenvalue weighted by Gasteiger charge is 2.28. The third kappa shape index (κ3) is 7.51. The summed E-state index contributed by atoms with van der Waals surface area (Å²) in [7, 11) is 0. The van der Waals surface area contributed by atoms with Gasteiger partial charge in [-0.05, 0) is 44.0 Å². The molecule has 1 N–H and O–H groups in total. The van der Waals surface area contributed by atoms with Crippen molar-refractivity contribution >= 4 is 12.2 Å². The zero-order valence-electron chi connectivity index (χ0n) is 18.3. The first-order valence-corrected chi connectivity index (χ1v) is 10.5. The van der Waals surface area contributed by atoms with Crippen LogP contribution in [-0.2, 0) is 22.6 Å². The maximum absolute atomic E-state index is 12.3. The number of benzene rings is 2. The van der Waals surface area contributed by atoms with Gasteiger partial charge in [-0.15, -0.1) is 0 Å². The average Bonchev–Trinajstić information content (AvgIpc) is 3.20. The third-order valence-corrected chi connectivity index (χ3v) is 4.67. The summed E-state index contributed by atoms with van der Waals surface area (Å²) in [6.07, 6.45) is -0.0888. The quantitative estimate of drug-likeness (QED) is 0.736. The lowest BCUT2D eigenvalue weighted by molar-refractivity contribution is 0.0523. The van der Waals surface area contributed by atoms with Gasteiger partial charge in [-0.3, -0.25) is 0 Å². The van der Waals surface area contributed by atoms with Gasteiger partial charge in [-0.2, -0.15) is 0 Å². The molecule has 2 aromatic carbocycles. The maximum atomic E-state index is 12.3. The Morgan fingerprint density at radius 1 is 1.03 bits per heavy atom. The van der Waals surface area contributed by atoms with Crippen LogP contribution in [0.4, 0.5) is 9.59 Å². The molecular formula is C24H30N2O5. The van der Waals surface area contributed by atoms with Gasteiger partial charge in [0.15, 0.2) is 0 Å². The number of nitrogens with zero attached hydrogens (tertiary/aromatic N) is 1. The Hall–Kier alpha value is -3.22. The van der Waals surface area contributed by atoms with Gasteiger partial charge in [0, 0.05) is 19.5 Å². The van der Waals surface area contributed by atoms with Crippen molar-refractivity contribution in [1.82, 2.24) is 10.2 Å². The molecule has 31 heavy (non-hydrogen) atoms. The van der Waals surface area contributed by atoms with E-state index in [4.69, 9.17) is 14.2 Å². The summed E-state index contributed by atoms with van der Waals surface area (Å²) < 4.78 is 16.6. The lowest BCUT2D eigenvalue weighted by Crippen LogP contribution is -2.32. The van der Waals surface area contributed by atoms with Crippen molar-refractivity contribution in [2.24, 2.45) is 0 Å². The monoisotopic (exact) mass is 426 g/mol. The van der Waals surface area contributed by atoms with E-state index in [9.17, 15) is 9.59 Å². The van der Waals surface area contributed by atoms with Crippen LogP contribution in [0.25, 0.3) is 0 Å². The Bertz CT molecular complexity index is 862. The molecule has 1 heterocycles. The molecule has 7 nitrogen and oxygen atoms in total. The smallest absolute Gasteiger partial charge is 0.410 e. The summed E-state index contributed by atoms with van der Waals surface area (Å²) in [5.41, 5.74) is 1.38. The Kier molecular flexibility index (Phi) is 7.39. The molecule has 1 saturated heterocycles. The van der Waals surface area contributed by atoms with Crippen molar-refractivity contribution in [3.05, 3.63) is 65.7 Å². The van der Waals surface area contributed by atoms with E-state index in [1.807, 2.05) is 75.4 Å². The predicted molar refractivity (Wildman–Crippen MR) is 117 cm³/mol. The number of rotatable bonds is 6. The predicted octanol–water partition coefficient (Wildman–Crippen LogP) is 4.50. The van der Waals surface area contributed by atoms with Crippen molar-refractivity contribution in [2.45, 2.75) is 52.0 Å². The van der Waals surface area contributed by atoms with Gasteiger partial charge in [0.1, 0.15) is 24.1 Å². The number of likely N-dealkylation sites (tertiary alicyclic amines) is 1. The van der Waals surface area contributed by atoms with Gasteiger partial charge in [-0.25, -0.2) is 9.59 Å². The van der Waals surface area contributed by atoms with Crippen LogP contribution < -0.4 is 10.1 Å². The van der Waals surface area contributed by atoms with Crippen LogP contribution in [0.5, 0.6) is 5.75 Å². The van der Waals surface area contributed by atoms with Crippen molar-refractivity contribution < 1.29 is 23.8 Å². The van der Waals surface area contributed by atoms with E-state index in [-0.39, 0.29) is 18.8 Å². The first-order valence-electron chi connectivity index (χ1n) is 10.5. The summed E-state index contributed by atoms with van der Waals surface area (Å²) in [6, 6.07) is 17.1. The molecule has 166 valence electrons. The molecule has 0 unspecified atom stereocenters. The third-order valence-electron chi connectivity index (χ3n) is 4.67. The van der Waals surface area contributed by atoms with Crippen LogP contribution in [0.2, 0.25) is 0 Å². The zero-order chi connectivity index (χ0) is 22.3. The van der Waals surface area contributed by atoms with Crippen LogP contribution in [0.15, 0.2) is 54.6 Å². The largest absolute Gasteiger partial charge is 0.489 e. The summed E-state index contributed by atoms with van der Waals surface area (Å²) in [5.74, 6) is 0.727. The van der Waals surface area contributed by atoms with E-state index >= 15 is 0 Å². The topological polar surface area (TPSA) is 77.1 Å². The molecule has 1 atom stereocenters. The van der Waals surface area contributed by atoms with Crippen molar-refractivity contribution in [1.29, 1.82) is 0 Å². The summed E-state index contributed by atoms with van der Waals surface area (Å²) in [5, 5.41) is 2.73. The summed E-state index contributed by atoms with van der Waals surface area (Å²) in [4.78, 5) is 25.7. The Morgan fingerprint density at radius 3 is 2.42 bits per heavy atom. The van der Waals surface area contributed by atoms with Crippen LogP contribution in [0.1, 0.15) is 38.3 Å². The molecule has 2 aromatic rings. The second-order valence-electron chi connectivity index (χ2n) is 8.51. The van der Waals surface area contributed by atoms with Gasteiger partial charge in [-0.1, -0.05) is 42.5 Å². The number of nitrogens with one attached hydrogen (secondary N) is 1. The molecule has 0 aliphatic carbocycles. The van der Waals surface area contributed by atoms with Gasteiger partial charge in [0.2, 0.25) is 0 Å². The molecule has 1 aliphatic heterocycles. The van der Waals surface area contributed by atoms with Crippen LogP contribution in [0.3, 0.4) is 0 Å². The van der Waals surface area contributed by atoms with E-state index in [1.54, 1.807) is 4.90 Å². The fraction of sp³-hybridized carbons (Fsp3) is 0.417. The molecular weight excluding hydrogens is 396 g/mol. The average molecular weight is 427 g/mol. The highest BCUT2D eigenvalue weighted by atomic mass is 16.6. The van der Waals surface area contributed by atoms with Crippen LogP contribution in [0, 0.1) is 0 Å². The van der Waals surface area contributed by atoms with Gasteiger partial charge in [0.05, 0.1) is 6.54 Å². The fourth-order valence-corrected chi connectivity index (χ4v) is 3.17. The number of alkyl carbamates (subject to hydrolysis) is 1. The van der Waals surface area contributed by atoms with E-state index in [1.165, 1.54) is 0 Å². The van der Waals surface area contributed by atoms with Crippen LogP contribution in [-0.4, -0.2) is 41.9 Å². The molecule has 7 heteroatoms. The van der Waals surface area contributed by atoms with Crippen molar-refractivity contribution in [3.63, 3.8) is 0 Å². The molecule has 1 aliphatic rings. The zero-order valence-corrected chi connectivity index (χ0v) is 18.3. The molecule has 0 spiro atoms. The van der Waals surface area contributed by atoms with E-state index in [0.29, 0.717) is 19.6 Å². The molecule has 0 aromatic heterocycles. The van der Waals surface area contributed by atoms with E-state index in [2.05, 4.69) is 5.32 Å². The maximum Gasteiger partial charge on any atom is 0.410 e. The SMILES string of the molecule is CC(C)(C)OC(=O)NCc1ccc(O[C@@H]2CCN(C(=O)OCc3ccccc3)C2)cc1. The number of hydrogen-bond acceptors (Lipinski definition) is 5. The first kappa shape index (κ1) is 22.5. The number of carbonyl (C=O) groups excluding carboxylic acids is 2. The fourth-order valence-electron chi connectivity index (χ4n) is 3.17. The Balaban J connectivity index is 1.40. The minimum Gasteiger partial charge on any atom is -0.489 e. The minimum absolute atomic E-state index is 0.0741. The summed E-state index contributed by atoms with van der Waals surface area (Å²) in [6.45, 7) is 7.22. The summed E-state index contributed by atoms with van der Waals surface area (Å²) >= 11 is 0. The van der Waals surface area contributed by atoms with E-state index in [0.717, 1.165) is 23.3 Å². The molecule has 1 fully saturated rings. The number of amides is 2. The first-order chi connectivity index (χ1) is 14.8. The number of carbonyl (C=O) groups is 2. The normalized spacial score (nSPS) is 16.0. The van der Waals surface area contributed by atoms with Gasteiger partial charge < -0.3 is 24.4 Å². The van der Waals surface area contributed by atoms with Crippen molar-refractivity contribution in [3.8, 4) is 5.75 Å². The van der Waals surface area contributed by atoms with E-state index < -0.39 is 11.7 Å². The number of hydrogen-bond donors (Lipinski definition) is 1. The Labute approximate surface area is 183 Å². The van der Waals surface area contributed by atoms with Gasteiger partial charge in [0.25, 0.3) is 0 Å². The number of ether oxygens (including phenoxy) is 3. The molecule has 0 saturated carbocycles. The molecule has 0 bridgehead atoms. The Morgan fingerprint density at radius 2 is 1.74 bits per heavy atom. The second kappa shape index (κ2) is 10.2. The van der Waals surface area contributed by atoms with Gasteiger partial charge >= 0.3 is 12.2 Å². The molecule has 3 rings (SSSR count). The van der Waals surface area contributed by atoms with Crippen LogP contribution >= 0.6 is 0 Å². The van der Waals surface area contributed by atoms with Crippen molar-refractivity contribution in [2.75, 3.05) is 13.1 Å². The molecule has 2 amide bonds. The lowest BCUT2D eigenvalue weighted by atomic mass is 10.2. The molecule has 0 radical (unpaired) electrons.